The number of benzene rings is 1. The number of nitrogens with zero attached hydrogens (tertiary/aromatic N) is 1. The molecule has 8 nitrogen and oxygen atoms in total. The Balaban J connectivity index is 1.83. The van der Waals surface area contributed by atoms with E-state index in [9.17, 15) is 9.59 Å². The number of methoxy groups -OCH3 is 2. The maximum Gasteiger partial charge on any atom is 0.315 e. The molecule has 1 saturated heterocycles. The van der Waals surface area contributed by atoms with Gasteiger partial charge < -0.3 is 29.9 Å². The molecule has 2 rings (SSSR count). The summed E-state index contributed by atoms with van der Waals surface area (Å²) < 4.78 is 10.5. The van der Waals surface area contributed by atoms with Gasteiger partial charge in [-0.2, -0.15) is 0 Å². The van der Waals surface area contributed by atoms with Crippen molar-refractivity contribution in [2.45, 2.75) is 32.7 Å². The predicted molar refractivity (Wildman–Crippen MR) is 108 cm³/mol. The number of quaternary nitrogens is 1. The number of anilines is 1. The summed E-state index contributed by atoms with van der Waals surface area (Å²) in [6.07, 6.45) is 1.22. The highest BCUT2D eigenvalue weighted by Gasteiger charge is 2.32. The van der Waals surface area contributed by atoms with E-state index in [4.69, 9.17) is 9.47 Å². The van der Waals surface area contributed by atoms with Crippen molar-refractivity contribution in [3.63, 3.8) is 0 Å². The van der Waals surface area contributed by atoms with E-state index < -0.39 is 0 Å². The zero-order valence-electron chi connectivity index (χ0n) is 17.3. The van der Waals surface area contributed by atoms with E-state index in [-0.39, 0.29) is 24.4 Å². The fourth-order valence-electron chi connectivity index (χ4n) is 3.43. The van der Waals surface area contributed by atoms with E-state index in [1.54, 1.807) is 31.3 Å². The Kier molecular flexibility index (Phi) is 8.38. The van der Waals surface area contributed by atoms with Gasteiger partial charge in [0.1, 0.15) is 0 Å². The topological polar surface area (TPSA) is 84.3 Å². The molecule has 1 aliphatic heterocycles. The van der Waals surface area contributed by atoms with E-state index in [0.717, 1.165) is 31.7 Å². The standard InChI is InChI=1S/C20H32N4O4/c1-5-23(6-2)11-7-10-21-20(26)22-15-12-19(25)24(14-15)16-8-9-17(27-3)18(13-16)28-4/h8-9,13,15H,5-7,10-12,14H2,1-4H3,(H2,21,22,26)/p+1/t15-/m1/s1. The molecular weight excluding hydrogens is 360 g/mol. The summed E-state index contributed by atoms with van der Waals surface area (Å²) in [5.41, 5.74) is 0.731. The number of nitrogens with one attached hydrogen (secondary N) is 3. The lowest BCUT2D eigenvalue weighted by molar-refractivity contribution is -0.896. The van der Waals surface area contributed by atoms with Crippen LogP contribution in [0.1, 0.15) is 26.7 Å². The van der Waals surface area contributed by atoms with Gasteiger partial charge >= 0.3 is 6.03 Å². The van der Waals surface area contributed by atoms with Gasteiger partial charge in [0, 0.05) is 37.7 Å². The molecule has 0 radical (unpaired) electrons. The van der Waals surface area contributed by atoms with Gasteiger partial charge in [0.25, 0.3) is 0 Å². The normalized spacial score (nSPS) is 16.4. The lowest BCUT2D eigenvalue weighted by atomic mass is 10.2. The van der Waals surface area contributed by atoms with Crippen molar-refractivity contribution in [1.82, 2.24) is 10.6 Å². The molecule has 28 heavy (non-hydrogen) atoms. The third-order valence-corrected chi connectivity index (χ3v) is 5.13. The van der Waals surface area contributed by atoms with Gasteiger partial charge in [0.15, 0.2) is 11.5 Å². The quantitative estimate of drug-likeness (QED) is 0.503. The molecule has 1 heterocycles. The van der Waals surface area contributed by atoms with E-state index in [2.05, 4.69) is 24.5 Å². The fourth-order valence-corrected chi connectivity index (χ4v) is 3.43. The van der Waals surface area contributed by atoms with Gasteiger partial charge in [-0.15, -0.1) is 0 Å². The molecule has 1 aromatic carbocycles. The number of urea groups is 1. The number of rotatable bonds is 10. The molecule has 0 spiro atoms. The molecule has 0 aliphatic carbocycles. The summed E-state index contributed by atoms with van der Waals surface area (Å²) in [5, 5.41) is 5.79. The van der Waals surface area contributed by atoms with E-state index in [1.807, 2.05) is 6.07 Å². The van der Waals surface area contributed by atoms with Crippen molar-refractivity contribution in [3.05, 3.63) is 18.2 Å². The lowest BCUT2D eigenvalue weighted by Crippen LogP contribution is -3.11. The molecule has 1 fully saturated rings. The molecule has 0 unspecified atom stereocenters. The zero-order chi connectivity index (χ0) is 20.5. The minimum Gasteiger partial charge on any atom is -0.493 e. The van der Waals surface area contributed by atoms with Gasteiger partial charge in [0.2, 0.25) is 5.91 Å². The molecule has 0 aromatic heterocycles. The highest BCUT2D eigenvalue weighted by molar-refractivity contribution is 5.97. The maximum atomic E-state index is 12.4. The number of amides is 3. The van der Waals surface area contributed by atoms with Crippen LogP contribution in [0.5, 0.6) is 11.5 Å². The number of carbonyl (C=O) groups is 2. The Morgan fingerprint density at radius 2 is 1.93 bits per heavy atom. The second kappa shape index (κ2) is 10.8. The average Bonchev–Trinajstić information content (AvgIpc) is 3.07. The van der Waals surface area contributed by atoms with Gasteiger partial charge in [-0.3, -0.25) is 4.79 Å². The smallest absolute Gasteiger partial charge is 0.315 e. The Labute approximate surface area is 167 Å². The molecule has 1 atom stereocenters. The van der Waals surface area contributed by atoms with Crippen LogP contribution in [0, 0.1) is 0 Å². The van der Waals surface area contributed by atoms with E-state index in [0.29, 0.717) is 24.6 Å². The highest BCUT2D eigenvalue weighted by atomic mass is 16.5. The number of carbonyl (C=O) groups excluding carboxylic acids is 2. The zero-order valence-corrected chi connectivity index (χ0v) is 17.3. The molecule has 1 aromatic rings. The minimum atomic E-state index is -0.221. The van der Waals surface area contributed by atoms with Crippen LogP contribution in [0.25, 0.3) is 0 Å². The van der Waals surface area contributed by atoms with Crippen LogP contribution in [0.2, 0.25) is 0 Å². The van der Waals surface area contributed by atoms with Crippen LogP contribution < -0.4 is 29.9 Å². The van der Waals surface area contributed by atoms with Gasteiger partial charge in [0.05, 0.1) is 39.9 Å². The molecule has 0 saturated carbocycles. The monoisotopic (exact) mass is 393 g/mol. The molecular formula is C20H33N4O4+. The first kappa shape index (κ1) is 21.8. The highest BCUT2D eigenvalue weighted by Crippen LogP contribution is 2.33. The first-order chi connectivity index (χ1) is 13.5. The fraction of sp³-hybridized carbons (Fsp3) is 0.600. The number of hydrogen-bond acceptors (Lipinski definition) is 4. The third kappa shape index (κ3) is 5.76. The first-order valence-corrected chi connectivity index (χ1v) is 9.92. The molecule has 8 heteroatoms. The van der Waals surface area contributed by atoms with Crippen molar-refractivity contribution in [3.8, 4) is 11.5 Å². The molecule has 3 N–H and O–H groups in total. The third-order valence-electron chi connectivity index (χ3n) is 5.13. The minimum absolute atomic E-state index is 0.0253. The van der Waals surface area contributed by atoms with Crippen LogP contribution in [0.15, 0.2) is 18.2 Å². The Morgan fingerprint density at radius 1 is 1.21 bits per heavy atom. The van der Waals surface area contributed by atoms with Gasteiger partial charge in [-0.25, -0.2) is 4.79 Å². The van der Waals surface area contributed by atoms with Crippen molar-refractivity contribution >= 4 is 17.6 Å². The summed E-state index contributed by atoms with van der Waals surface area (Å²) >= 11 is 0. The second-order valence-corrected chi connectivity index (χ2v) is 6.91. The summed E-state index contributed by atoms with van der Waals surface area (Å²) in [6, 6.07) is 4.93. The summed E-state index contributed by atoms with van der Waals surface area (Å²) in [6.45, 7) is 8.64. The predicted octanol–water partition coefficient (Wildman–Crippen LogP) is 0.423. The van der Waals surface area contributed by atoms with Crippen molar-refractivity contribution in [2.24, 2.45) is 0 Å². The molecule has 1 aliphatic rings. The average molecular weight is 394 g/mol. The molecule has 156 valence electrons. The van der Waals surface area contributed by atoms with E-state index in [1.165, 1.54) is 4.90 Å². The summed E-state index contributed by atoms with van der Waals surface area (Å²) in [4.78, 5) is 27.7. The summed E-state index contributed by atoms with van der Waals surface area (Å²) in [7, 11) is 3.13. The number of hydrogen-bond donors (Lipinski definition) is 3. The van der Waals surface area contributed by atoms with Crippen LogP contribution in [-0.4, -0.2) is 64.9 Å². The first-order valence-electron chi connectivity index (χ1n) is 9.92. The van der Waals surface area contributed by atoms with Crippen LogP contribution in [0.3, 0.4) is 0 Å². The van der Waals surface area contributed by atoms with Gasteiger partial charge in [-0.1, -0.05) is 0 Å². The molecule has 0 bridgehead atoms. The largest absolute Gasteiger partial charge is 0.493 e. The van der Waals surface area contributed by atoms with Crippen LogP contribution >= 0.6 is 0 Å². The van der Waals surface area contributed by atoms with Crippen LogP contribution in [0.4, 0.5) is 10.5 Å². The lowest BCUT2D eigenvalue weighted by Gasteiger charge is -2.19. The van der Waals surface area contributed by atoms with Crippen LogP contribution in [-0.2, 0) is 4.79 Å². The SMILES string of the molecule is CC[NH+](CC)CCCNC(=O)N[C@@H]1CC(=O)N(c2ccc(OC)c(OC)c2)C1. The maximum absolute atomic E-state index is 12.4. The van der Waals surface area contributed by atoms with E-state index >= 15 is 0 Å². The second-order valence-electron chi connectivity index (χ2n) is 6.91. The van der Waals surface area contributed by atoms with Gasteiger partial charge in [-0.05, 0) is 26.0 Å². The number of ether oxygens (including phenoxy) is 2. The van der Waals surface area contributed by atoms with Crippen molar-refractivity contribution in [2.75, 3.05) is 51.8 Å². The molecule has 3 amide bonds. The summed E-state index contributed by atoms with van der Waals surface area (Å²) in [5.74, 6) is 1.15. The Hall–Kier alpha value is -2.48. The Bertz CT molecular complexity index is 664. The van der Waals surface area contributed by atoms with Crippen molar-refractivity contribution in [1.29, 1.82) is 0 Å². The Morgan fingerprint density at radius 3 is 2.57 bits per heavy atom. The van der Waals surface area contributed by atoms with Crippen molar-refractivity contribution < 1.29 is 24.0 Å².